The standard InChI is InChI=1S/C17H25N3O/c1-12(2)20-11-16(9-19-20)14(4)18-10-17(21)15-7-5-13(3)6-8-15/h5-9,11-12,14,17-18,21H,10H2,1-4H3. The van der Waals surface area contributed by atoms with Gasteiger partial charge in [0, 0.05) is 30.4 Å². The molecule has 0 amide bonds. The Morgan fingerprint density at radius 3 is 2.38 bits per heavy atom. The Hall–Kier alpha value is -1.65. The van der Waals surface area contributed by atoms with Crippen molar-refractivity contribution in [3.63, 3.8) is 0 Å². The number of nitrogens with zero attached hydrogens (tertiary/aromatic N) is 2. The van der Waals surface area contributed by atoms with Crippen LogP contribution >= 0.6 is 0 Å². The Kier molecular flexibility index (Phi) is 5.15. The van der Waals surface area contributed by atoms with Crippen LogP contribution in [0.25, 0.3) is 0 Å². The molecule has 0 aliphatic carbocycles. The lowest BCUT2D eigenvalue weighted by atomic mass is 10.1. The zero-order valence-corrected chi connectivity index (χ0v) is 13.2. The summed E-state index contributed by atoms with van der Waals surface area (Å²) in [5, 5.41) is 17.9. The zero-order valence-electron chi connectivity index (χ0n) is 13.2. The van der Waals surface area contributed by atoms with Crippen molar-refractivity contribution in [3.8, 4) is 0 Å². The molecule has 2 aromatic rings. The second-order valence-corrected chi connectivity index (χ2v) is 5.90. The third-order valence-corrected chi connectivity index (χ3v) is 3.73. The number of rotatable bonds is 6. The molecule has 2 rings (SSSR count). The van der Waals surface area contributed by atoms with E-state index in [1.165, 1.54) is 5.56 Å². The van der Waals surface area contributed by atoms with Gasteiger partial charge in [-0.3, -0.25) is 4.68 Å². The summed E-state index contributed by atoms with van der Waals surface area (Å²) in [6, 6.07) is 8.52. The van der Waals surface area contributed by atoms with E-state index < -0.39 is 6.10 Å². The number of aryl methyl sites for hydroxylation is 1. The lowest BCUT2D eigenvalue weighted by molar-refractivity contribution is 0.171. The molecular weight excluding hydrogens is 262 g/mol. The molecule has 0 aliphatic heterocycles. The van der Waals surface area contributed by atoms with E-state index >= 15 is 0 Å². The van der Waals surface area contributed by atoms with E-state index in [1.54, 1.807) is 0 Å². The fourth-order valence-corrected chi connectivity index (χ4v) is 2.17. The number of aromatic nitrogens is 2. The first-order valence-electron chi connectivity index (χ1n) is 7.49. The maximum Gasteiger partial charge on any atom is 0.0914 e. The van der Waals surface area contributed by atoms with E-state index in [1.807, 2.05) is 42.1 Å². The Morgan fingerprint density at radius 2 is 1.81 bits per heavy atom. The highest BCUT2D eigenvalue weighted by atomic mass is 16.3. The van der Waals surface area contributed by atoms with Gasteiger partial charge in [0.15, 0.2) is 0 Å². The second-order valence-electron chi connectivity index (χ2n) is 5.90. The number of benzene rings is 1. The Morgan fingerprint density at radius 1 is 1.14 bits per heavy atom. The van der Waals surface area contributed by atoms with Crippen LogP contribution in [-0.2, 0) is 0 Å². The summed E-state index contributed by atoms with van der Waals surface area (Å²) in [7, 11) is 0. The molecule has 1 aromatic carbocycles. The molecule has 0 fully saturated rings. The molecule has 21 heavy (non-hydrogen) atoms. The minimum Gasteiger partial charge on any atom is -0.387 e. The minimum absolute atomic E-state index is 0.164. The number of hydrogen-bond acceptors (Lipinski definition) is 3. The van der Waals surface area contributed by atoms with Crippen molar-refractivity contribution in [1.29, 1.82) is 0 Å². The first-order chi connectivity index (χ1) is 9.97. The third kappa shape index (κ3) is 4.16. The van der Waals surface area contributed by atoms with Gasteiger partial charge in [-0.15, -0.1) is 0 Å². The SMILES string of the molecule is Cc1ccc(C(O)CNC(C)c2cnn(C(C)C)c2)cc1. The Bertz CT molecular complexity index is 560. The molecule has 0 saturated heterocycles. The molecular formula is C17H25N3O. The molecule has 1 aromatic heterocycles. The van der Waals surface area contributed by atoms with Gasteiger partial charge in [-0.1, -0.05) is 29.8 Å². The van der Waals surface area contributed by atoms with Crippen molar-refractivity contribution >= 4 is 0 Å². The van der Waals surface area contributed by atoms with Crippen LogP contribution in [0, 0.1) is 6.92 Å². The molecule has 4 heteroatoms. The summed E-state index contributed by atoms with van der Waals surface area (Å²) in [5.74, 6) is 0. The van der Waals surface area contributed by atoms with Crippen LogP contribution in [0.2, 0.25) is 0 Å². The predicted octanol–water partition coefficient (Wildman–Crippen LogP) is 3.16. The molecule has 2 unspecified atom stereocenters. The number of hydrogen-bond donors (Lipinski definition) is 2. The first-order valence-corrected chi connectivity index (χ1v) is 7.49. The van der Waals surface area contributed by atoms with Gasteiger partial charge in [0.1, 0.15) is 0 Å². The van der Waals surface area contributed by atoms with Crippen LogP contribution in [0.3, 0.4) is 0 Å². The quantitative estimate of drug-likeness (QED) is 0.858. The predicted molar refractivity (Wildman–Crippen MR) is 85.2 cm³/mol. The van der Waals surface area contributed by atoms with Crippen molar-refractivity contribution in [3.05, 3.63) is 53.3 Å². The monoisotopic (exact) mass is 287 g/mol. The summed E-state index contributed by atoms with van der Waals surface area (Å²) in [6.07, 6.45) is 3.45. The van der Waals surface area contributed by atoms with Gasteiger partial charge in [-0.05, 0) is 33.3 Å². The van der Waals surface area contributed by atoms with Crippen LogP contribution in [0.15, 0.2) is 36.7 Å². The van der Waals surface area contributed by atoms with Gasteiger partial charge in [0.25, 0.3) is 0 Å². The smallest absolute Gasteiger partial charge is 0.0914 e. The Balaban J connectivity index is 1.90. The summed E-state index contributed by atoms with van der Waals surface area (Å²) in [5.41, 5.74) is 3.28. The van der Waals surface area contributed by atoms with E-state index in [2.05, 4.69) is 37.4 Å². The van der Waals surface area contributed by atoms with Gasteiger partial charge < -0.3 is 10.4 Å². The molecule has 1 heterocycles. The van der Waals surface area contributed by atoms with Crippen LogP contribution in [-0.4, -0.2) is 21.4 Å². The number of nitrogens with one attached hydrogen (secondary N) is 1. The van der Waals surface area contributed by atoms with E-state index in [0.29, 0.717) is 12.6 Å². The maximum atomic E-state index is 10.2. The number of aliphatic hydroxyl groups excluding tert-OH is 1. The summed E-state index contributed by atoms with van der Waals surface area (Å²) >= 11 is 0. The van der Waals surface area contributed by atoms with Gasteiger partial charge in [0.2, 0.25) is 0 Å². The molecule has 2 atom stereocenters. The average molecular weight is 287 g/mol. The van der Waals surface area contributed by atoms with Crippen molar-refractivity contribution in [1.82, 2.24) is 15.1 Å². The van der Waals surface area contributed by atoms with Gasteiger partial charge in [-0.25, -0.2) is 0 Å². The molecule has 114 valence electrons. The highest BCUT2D eigenvalue weighted by Gasteiger charge is 2.12. The highest BCUT2D eigenvalue weighted by Crippen LogP contribution is 2.17. The molecule has 4 nitrogen and oxygen atoms in total. The van der Waals surface area contributed by atoms with Crippen molar-refractivity contribution in [2.45, 2.75) is 45.9 Å². The van der Waals surface area contributed by atoms with Crippen molar-refractivity contribution in [2.24, 2.45) is 0 Å². The summed E-state index contributed by atoms with van der Waals surface area (Å²) in [6.45, 7) is 8.87. The average Bonchev–Trinajstić information content (AvgIpc) is 2.95. The summed E-state index contributed by atoms with van der Waals surface area (Å²) < 4.78 is 1.95. The Labute approximate surface area is 126 Å². The van der Waals surface area contributed by atoms with Crippen LogP contribution < -0.4 is 5.32 Å². The lowest BCUT2D eigenvalue weighted by Gasteiger charge is -2.16. The van der Waals surface area contributed by atoms with Gasteiger partial charge >= 0.3 is 0 Å². The van der Waals surface area contributed by atoms with E-state index in [9.17, 15) is 5.11 Å². The molecule has 0 spiro atoms. The van der Waals surface area contributed by atoms with Gasteiger partial charge in [0.05, 0.1) is 12.3 Å². The minimum atomic E-state index is -0.492. The van der Waals surface area contributed by atoms with E-state index in [0.717, 1.165) is 11.1 Å². The summed E-state index contributed by atoms with van der Waals surface area (Å²) in [4.78, 5) is 0. The van der Waals surface area contributed by atoms with Crippen molar-refractivity contribution in [2.75, 3.05) is 6.54 Å². The molecule has 0 bridgehead atoms. The van der Waals surface area contributed by atoms with Crippen molar-refractivity contribution < 1.29 is 5.11 Å². The number of aliphatic hydroxyl groups is 1. The molecule has 2 N–H and O–H groups in total. The maximum absolute atomic E-state index is 10.2. The molecule has 0 aliphatic rings. The normalized spacial score (nSPS) is 14.4. The fourth-order valence-electron chi connectivity index (χ4n) is 2.17. The van der Waals surface area contributed by atoms with Crippen LogP contribution in [0.5, 0.6) is 0 Å². The zero-order chi connectivity index (χ0) is 15.4. The topological polar surface area (TPSA) is 50.1 Å². The third-order valence-electron chi connectivity index (χ3n) is 3.73. The van der Waals surface area contributed by atoms with E-state index in [4.69, 9.17) is 0 Å². The molecule has 0 radical (unpaired) electrons. The first kappa shape index (κ1) is 15.7. The lowest BCUT2D eigenvalue weighted by Crippen LogP contribution is -2.24. The largest absolute Gasteiger partial charge is 0.387 e. The van der Waals surface area contributed by atoms with Crippen LogP contribution in [0.1, 0.15) is 55.6 Å². The highest BCUT2D eigenvalue weighted by molar-refractivity contribution is 5.23. The second kappa shape index (κ2) is 6.87. The van der Waals surface area contributed by atoms with Gasteiger partial charge in [-0.2, -0.15) is 5.10 Å². The molecule has 0 saturated carbocycles. The fraction of sp³-hybridized carbons (Fsp3) is 0.471. The van der Waals surface area contributed by atoms with Crippen LogP contribution in [0.4, 0.5) is 0 Å². The van der Waals surface area contributed by atoms with E-state index in [-0.39, 0.29) is 6.04 Å².